The van der Waals surface area contributed by atoms with Gasteiger partial charge in [0.1, 0.15) is 11.6 Å². The topological polar surface area (TPSA) is 99.2 Å². The molecule has 2 rings (SSSR count). The van der Waals surface area contributed by atoms with Crippen LogP contribution in [0.3, 0.4) is 0 Å². The number of nitriles is 1. The summed E-state index contributed by atoms with van der Waals surface area (Å²) >= 11 is 0. The quantitative estimate of drug-likeness (QED) is 0.493. The first-order chi connectivity index (χ1) is 12.4. The maximum atomic E-state index is 12.4. The van der Waals surface area contributed by atoms with Crippen LogP contribution in [0.25, 0.3) is 0 Å². The van der Waals surface area contributed by atoms with Crippen LogP contribution in [0.2, 0.25) is 0 Å². The number of carbonyl (C=O) groups excluding carboxylic acids is 2. The molecule has 6 heteroatoms. The van der Waals surface area contributed by atoms with Gasteiger partial charge in [0.15, 0.2) is 0 Å². The molecule has 0 spiro atoms. The number of hydrogen-bond donors (Lipinski definition) is 2. The van der Waals surface area contributed by atoms with Gasteiger partial charge in [0.25, 0.3) is 5.91 Å². The average Bonchev–Trinajstić information content (AvgIpc) is 2.64. The predicted octanol–water partition coefficient (Wildman–Crippen LogP) is 2.91. The molecule has 0 aliphatic heterocycles. The van der Waals surface area contributed by atoms with E-state index in [0.717, 1.165) is 5.56 Å². The standard InChI is InChI=1S/C20H20N4O2/c1-14(16-6-4-3-5-7-16)23-20(26)17(12-21)13-24(15(2)25)19-10-8-18(22)9-11-19/h3-11,13-14H,22H2,1-2H3,(H,23,26)/b17-13-. The van der Waals surface area contributed by atoms with Crippen LogP contribution in [0.4, 0.5) is 11.4 Å². The van der Waals surface area contributed by atoms with Crippen LogP contribution in [-0.4, -0.2) is 11.8 Å². The van der Waals surface area contributed by atoms with Gasteiger partial charge >= 0.3 is 0 Å². The molecule has 2 aromatic carbocycles. The molecular weight excluding hydrogens is 328 g/mol. The number of rotatable bonds is 5. The second kappa shape index (κ2) is 8.49. The molecule has 0 fully saturated rings. The molecule has 1 unspecified atom stereocenters. The molecule has 0 heterocycles. The minimum Gasteiger partial charge on any atom is -0.399 e. The SMILES string of the molecule is CC(=O)N(/C=C(/C#N)C(=O)NC(C)c1ccccc1)c1ccc(N)cc1. The largest absolute Gasteiger partial charge is 0.399 e. The Kier molecular flexibility index (Phi) is 6.12. The van der Waals surface area contributed by atoms with E-state index in [4.69, 9.17) is 5.73 Å². The first kappa shape index (κ1) is 18.7. The summed E-state index contributed by atoms with van der Waals surface area (Å²) in [4.78, 5) is 25.6. The summed E-state index contributed by atoms with van der Waals surface area (Å²) in [5.41, 5.74) is 7.47. The molecule has 3 N–H and O–H groups in total. The van der Waals surface area contributed by atoms with E-state index in [-0.39, 0.29) is 17.5 Å². The third kappa shape index (κ3) is 4.71. The molecule has 0 saturated carbocycles. The minimum atomic E-state index is -0.550. The Morgan fingerprint density at radius 3 is 2.31 bits per heavy atom. The molecule has 132 valence electrons. The Morgan fingerprint density at radius 1 is 1.15 bits per heavy atom. The van der Waals surface area contributed by atoms with Crippen LogP contribution in [0.1, 0.15) is 25.5 Å². The van der Waals surface area contributed by atoms with Crippen molar-refractivity contribution in [1.82, 2.24) is 5.32 Å². The highest BCUT2D eigenvalue weighted by molar-refractivity contribution is 6.01. The molecule has 0 saturated heterocycles. The van der Waals surface area contributed by atoms with Gasteiger partial charge in [-0.3, -0.25) is 14.5 Å². The zero-order chi connectivity index (χ0) is 19.1. The fourth-order valence-corrected chi connectivity index (χ4v) is 2.35. The number of hydrogen-bond acceptors (Lipinski definition) is 4. The second-order valence-corrected chi connectivity index (χ2v) is 5.74. The Morgan fingerprint density at radius 2 is 1.77 bits per heavy atom. The van der Waals surface area contributed by atoms with Gasteiger partial charge in [-0.25, -0.2) is 0 Å². The molecule has 2 aromatic rings. The number of anilines is 2. The Balaban J connectivity index is 2.23. The van der Waals surface area contributed by atoms with E-state index >= 15 is 0 Å². The van der Waals surface area contributed by atoms with Crippen LogP contribution in [0.15, 0.2) is 66.4 Å². The van der Waals surface area contributed by atoms with Crippen LogP contribution >= 0.6 is 0 Å². The molecular formula is C20H20N4O2. The van der Waals surface area contributed by atoms with Crippen molar-refractivity contribution in [2.45, 2.75) is 19.9 Å². The molecule has 0 radical (unpaired) electrons. The van der Waals surface area contributed by atoms with Crippen LogP contribution in [0.5, 0.6) is 0 Å². The van der Waals surface area contributed by atoms with E-state index in [9.17, 15) is 14.9 Å². The summed E-state index contributed by atoms with van der Waals surface area (Å²) < 4.78 is 0. The van der Waals surface area contributed by atoms with Crippen molar-refractivity contribution >= 4 is 23.2 Å². The minimum absolute atomic E-state index is 0.167. The van der Waals surface area contributed by atoms with Gasteiger partial charge in [0.05, 0.1) is 6.04 Å². The monoisotopic (exact) mass is 348 g/mol. The summed E-state index contributed by atoms with van der Waals surface area (Å²) in [7, 11) is 0. The molecule has 1 atom stereocenters. The molecule has 2 amide bonds. The Labute approximate surface area is 152 Å². The summed E-state index contributed by atoms with van der Waals surface area (Å²) in [6.45, 7) is 3.18. The molecule has 0 aliphatic carbocycles. The smallest absolute Gasteiger partial charge is 0.263 e. The van der Waals surface area contributed by atoms with E-state index in [1.807, 2.05) is 43.3 Å². The zero-order valence-corrected chi connectivity index (χ0v) is 14.6. The van der Waals surface area contributed by atoms with Gasteiger partial charge in [-0.05, 0) is 36.8 Å². The highest BCUT2D eigenvalue weighted by Crippen LogP contribution is 2.18. The second-order valence-electron chi connectivity index (χ2n) is 5.74. The highest BCUT2D eigenvalue weighted by atomic mass is 16.2. The van der Waals surface area contributed by atoms with Crippen LogP contribution < -0.4 is 16.0 Å². The molecule has 6 nitrogen and oxygen atoms in total. The number of carbonyl (C=O) groups is 2. The van der Waals surface area contributed by atoms with Gasteiger partial charge in [0, 0.05) is 24.5 Å². The van der Waals surface area contributed by atoms with Gasteiger partial charge < -0.3 is 11.1 Å². The van der Waals surface area contributed by atoms with Crippen LogP contribution in [0, 0.1) is 11.3 Å². The third-order valence-electron chi connectivity index (χ3n) is 3.78. The van der Waals surface area contributed by atoms with Crippen molar-refractivity contribution < 1.29 is 9.59 Å². The molecule has 0 aliphatic rings. The van der Waals surface area contributed by atoms with Crippen molar-refractivity contribution in [1.29, 1.82) is 5.26 Å². The lowest BCUT2D eigenvalue weighted by atomic mass is 10.1. The fraction of sp³-hybridized carbons (Fsp3) is 0.150. The maximum Gasteiger partial charge on any atom is 0.263 e. The summed E-state index contributed by atoms with van der Waals surface area (Å²) in [6.07, 6.45) is 1.24. The van der Waals surface area contributed by atoms with Gasteiger partial charge in [-0.15, -0.1) is 0 Å². The lowest BCUT2D eigenvalue weighted by Gasteiger charge is -2.18. The number of benzene rings is 2. The van der Waals surface area contributed by atoms with Crippen molar-refractivity contribution in [2.24, 2.45) is 0 Å². The first-order valence-electron chi connectivity index (χ1n) is 8.05. The average molecular weight is 348 g/mol. The molecule has 0 bridgehead atoms. The van der Waals surface area contributed by atoms with Gasteiger partial charge in [-0.1, -0.05) is 30.3 Å². The summed E-state index contributed by atoms with van der Waals surface area (Å²) in [6, 6.07) is 17.6. The number of nitrogen functional groups attached to an aromatic ring is 1. The van der Waals surface area contributed by atoms with Crippen LogP contribution in [-0.2, 0) is 9.59 Å². The normalized spacial score (nSPS) is 12.0. The number of nitrogens with two attached hydrogens (primary N) is 1. The van der Waals surface area contributed by atoms with Gasteiger partial charge in [0.2, 0.25) is 5.91 Å². The van der Waals surface area contributed by atoms with Crippen molar-refractivity contribution in [2.75, 3.05) is 10.6 Å². The lowest BCUT2D eigenvalue weighted by molar-refractivity contribution is -0.117. The van der Waals surface area contributed by atoms with Crippen molar-refractivity contribution in [3.8, 4) is 6.07 Å². The van der Waals surface area contributed by atoms with Crippen molar-refractivity contribution in [3.05, 3.63) is 71.9 Å². The van der Waals surface area contributed by atoms with Gasteiger partial charge in [-0.2, -0.15) is 5.26 Å². The van der Waals surface area contributed by atoms with Crippen molar-refractivity contribution in [3.63, 3.8) is 0 Å². The first-order valence-corrected chi connectivity index (χ1v) is 8.05. The van der Waals surface area contributed by atoms with E-state index in [1.54, 1.807) is 24.3 Å². The Bertz CT molecular complexity index is 852. The summed E-state index contributed by atoms with van der Waals surface area (Å²) in [5, 5.41) is 12.1. The number of nitrogens with zero attached hydrogens (tertiary/aromatic N) is 2. The third-order valence-corrected chi connectivity index (χ3v) is 3.78. The molecule has 0 aromatic heterocycles. The van der Waals surface area contributed by atoms with E-state index in [0.29, 0.717) is 11.4 Å². The number of amides is 2. The fourth-order valence-electron chi connectivity index (χ4n) is 2.35. The molecule has 26 heavy (non-hydrogen) atoms. The van der Waals surface area contributed by atoms with E-state index < -0.39 is 5.91 Å². The number of nitrogens with one attached hydrogen (secondary N) is 1. The lowest BCUT2D eigenvalue weighted by Crippen LogP contribution is -2.30. The maximum absolute atomic E-state index is 12.4. The van der Waals surface area contributed by atoms with E-state index in [1.165, 1.54) is 18.0 Å². The summed E-state index contributed by atoms with van der Waals surface area (Å²) in [5.74, 6) is -0.878. The predicted molar refractivity (Wildman–Crippen MR) is 101 cm³/mol. The Hall–Kier alpha value is -3.59. The highest BCUT2D eigenvalue weighted by Gasteiger charge is 2.17. The van der Waals surface area contributed by atoms with E-state index in [2.05, 4.69) is 5.32 Å². The zero-order valence-electron chi connectivity index (χ0n) is 14.6.